The molecule has 2 bridgehead atoms. The van der Waals surface area contributed by atoms with Crippen LogP contribution in [0.2, 0.25) is 5.02 Å². The number of carbonyl (C=O) groups is 2. The van der Waals surface area contributed by atoms with Gasteiger partial charge in [-0.2, -0.15) is 0 Å². The van der Waals surface area contributed by atoms with Crippen molar-refractivity contribution in [3.8, 4) is 5.75 Å². The minimum atomic E-state index is -0.870. The predicted octanol–water partition coefficient (Wildman–Crippen LogP) is 3.91. The van der Waals surface area contributed by atoms with Gasteiger partial charge in [-0.3, -0.25) is 9.59 Å². The van der Waals surface area contributed by atoms with Crippen molar-refractivity contribution in [2.24, 2.45) is 0 Å². The summed E-state index contributed by atoms with van der Waals surface area (Å²) in [6, 6.07) is 11.2. The van der Waals surface area contributed by atoms with Gasteiger partial charge in [0.25, 0.3) is 11.8 Å². The average Bonchev–Trinajstić information content (AvgIpc) is 2.85. The van der Waals surface area contributed by atoms with Crippen LogP contribution in [-0.2, 0) is 4.79 Å². The van der Waals surface area contributed by atoms with Crippen LogP contribution in [0.1, 0.15) is 42.6 Å². The minimum absolute atomic E-state index is 0.0357. The molecule has 0 saturated heterocycles. The Balaban J connectivity index is 1.20. The summed E-state index contributed by atoms with van der Waals surface area (Å²) in [5.41, 5.74) is -0.745. The lowest BCUT2D eigenvalue weighted by Gasteiger charge is -2.56. The molecule has 0 radical (unpaired) electrons. The maximum Gasteiger partial charge on any atom is 0.270 e. The fraction of sp³-hybridized carbons (Fsp3) is 0.346. The number of amides is 2. The topological polar surface area (TPSA) is 101 Å². The van der Waals surface area contributed by atoms with Crippen LogP contribution in [0.5, 0.6) is 5.75 Å². The quantitative estimate of drug-likeness (QED) is 0.462. The van der Waals surface area contributed by atoms with Gasteiger partial charge in [-0.15, -0.1) is 0 Å². The number of pyridine rings is 1. The van der Waals surface area contributed by atoms with Gasteiger partial charge in [0.15, 0.2) is 6.61 Å². The Hall–Kier alpha value is -3.30. The van der Waals surface area contributed by atoms with E-state index in [-0.39, 0.29) is 41.2 Å². The van der Waals surface area contributed by atoms with E-state index in [2.05, 4.69) is 15.6 Å². The molecular formula is C26H24ClF2N3O4. The van der Waals surface area contributed by atoms with Crippen LogP contribution in [0.3, 0.4) is 0 Å². The number of hydrogen-bond acceptors (Lipinski definition) is 5. The van der Waals surface area contributed by atoms with Gasteiger partial charge in [0.1, 0.15) is 23.1 Å². The maximum atomic E-state index is 13.6. The lowest BCUT2D eigenvalue weighted by molar-refractivity contribution is -0.129. The maximum absolute atomic E-state index is 13.6. The molecule has 0 spiro atoms. The third kappa shape index (κ3) is 4.73. The van der Waals surface area contributed by atoms with Crippen LogP contribution in [0.15, 0.2) is 48.5 Å². The number of aliphatic hydroxyl groups is 1. The van der Waals surface area contributed by atoms with E-state index in [9.17, 15) is 23.5 Å². The highest BCUT2D eigenvalue weighted by atomic mass is 35.5. The Morgan fingerprint density at radius 2 is 1.83 bits per heavy atom. The summed E-state index contributed by atoms with van der Waals surface area (Å²) in [5.74, 6) is -1.63. The number of ether oxygens (including phenoxy) is 1. The molecule has 36 heavy (non-hydrogen) atoms. The Labute approximate surface area is 210 Å². The van der Waals surface area contributed by atoms with E-state index in [1.807, 2.05) is 0 Å². The molecule has 1 aromatic heterocycles. The molecule has 0 aliphatic heterocycles. The smallest absolute Gasteiger partial charge is 0.270 e. The monoisotopic (exact) mass is 515 g/mol. The normalized spacial score (nSPS) is 24.9. The zero-order chi connectivity index (χ0) is 25.5. The number of aliphatic hydroxyl groups excluding tert-OH is 1. The Morgan fingerprint density at radius 1 is 1.06 bits per heavy atom. The van der Waals surface area contributed by atoms with Crippen molar-refractivity contribution in [1.82, 2.24) is 15.6 Å². The molecular weight excluding hydrogens is 492 g/mol. The van der Waals surface area contributed by atoms with E-state index >= 15 is 0 Å². The predicted molar refractivity (Wildman–Crippen MR) is 129 cm³/mol. The van der Waals surface area contributed by atoms with Crippen molar-refractivity contribution < 1.29 is 28.2 Å². The van der Waals surface area contributed by atoms with Gasteiger partial charge in [-0.25, -0.2) is 13.8 Å². The first-order valence-corrected chi connectivity index (χ1v) is 12.0. The summed E-state index contributed by atoms with van der Waals surface area (Å²) in [4.78, 5) is 29.9. The molecule has 7 nitrogen and oxygen atoms in total. The van der Waals surface area contributed by atoms with Gasteiger partial charge in [0, 0.05) is 17.0 Å². The lowest BCUT2D eigenvalue weighted by atomic mass is 9.60. The summed E-state index contributed by atoms with van der Waals surface area (Å²) < 4.78 is 32.4. The average molecular weight is 516 g/mol. The van der Waals surface area contributed by atoms with Crippen molar-refractivity contribution in [3.05, 3.63) is 70.9 Å². The number of fused-ring (bicyclic) bond motifs is 4. The van der Waals surface area contributed by atoms with Gasteiger partial charge < -0.3 is 20.5 Å². The van der Waals surface area contributed by atoms with Crippen molar-refractivity contribution in [1.29, 1.82) is 0 Å². The summed E-state index contributed by atoms with van der Waals surface area (Å²) in [7, 11) is 0. The Bertz CT molecular complexity index is 1340. The standard InChI is InChI=1S/C26H24ClF2N3O4/c27-18-4-3-17(12-19(18)29)36-14-23(34)31-25-7-9-26(10-8-25,22(33)13-25)32-24(35)21-5-1-15-11-16(28)2-6-20(15)30-21/h1-6,11-12,22,33H,7-10,13-14H2,(H,31,34)(H,32,35)/t22-,25?,26?/m0/s1. The van der Waals surface area contributed by atoms with Crippen molar-refractivity contribution in [2.75, 3.05) is 6.61 Å². The van der Waals surface area contributed by atoms with E-state index in [1.54, 1.807) is 6.07 Å². The molecule has 3 aliphatic rings. The van der Waals surface area contributed by atoms with Gasteiger partial charge >= 0.3 is 0 Å². The lowest BCUT2D eigenvalue weighted by Crippen LogP contribution is -2.70. The van der Waals surface area contributed by atoms with Gasteiger partial charge in [-0.05, 0) is 68.5 Å². The zero-order valence-corrected chi connectivity index (χ0v) is 19.9. The number of carbonyl (C=O) groups excluding carboxylic acids is 2. The van der Waals surface area contributed by atoms with Crippen molar-refractivity contribution >= 4 is 34.3 Å². The SMILES string of the molecule is O=C(COc1ccc(Cl)c(F)c1)NC12CCC(NC(=O)c3ccc4cc(F)ccc4n3)(CC1)[C@@H](O)C2. The van der Waals surface area contributed by atoms with E-state index in [4.69, 9.17) is 16.3 Å². The van der Waals surface area contributed by atoms with E-state index in [0.29, 0.717) is 36.6 Å². The Kier molecular flexibility index (Phi) is 6.30. The highest BCUT2D eigenvalue weighted by molar-refractivity contribution is 6.30. The van der Waals surface area contributed by atoms with Crippen LogP contribution in [0, 0.1) is 11.6 Å². The third-order valence-corrected chi connectivity index (χ3v) is 7.54. The van der Waals surface area contributed by atoms with Crippen molar-refractivity contribution in [3.63, 3.8) is 0 Å². The number of rotatable bonds is 6. The molecule has 3 fully saturated rings. The Morgan fingerprint density at radius 3 is 2.56 bits per heavy atom. The number of aromatic nitrogens is 1. The molecule has 10 heteroatoms. The molecule has 6 rings (SSSR count). The number of nitrogens with one attached hydrogen (secondary N) is 2. The van der Waals surface area contributed by atoms with Gasteiger partial charge in [0.05, 0.1) is 22.2 Å². The molecule has 1 atom stereocenters. The molecule has 3 saturated carbocycles. The first kappa shape index (κ1) is 24.4. The fourth-order valence-electron chi connectivity index (χ4n) is 5.22. The number of halogens is 3. The number of nitrogens with zero attached hydrogens (tertiary/aromatic N) is 1. The molecule has 1 heterocycles. The van der Waals surface area contributed by atoms with Crippen LogP contribution in [-0.4, -0.2) is 45.7 Å². The van der Waals surface area contributed by atoms with Crippen LogP contribution in [0.4, 0.5) is 8.78 Å². The zero-order valence-electron chi connectivity index (χ0n) is 19.2. The van der Waals surface area contributed by atoms with Gasteiger partial charge in [0.2, 0.25) is 0 Å². The molecule has 3 aromatic rings. The molecule has 188 valence electrons. The number of benzene rings is 2. The second kappa shape index (κ2) is 9.29. The second-order valence-electron chi connectivity index (χ2n) is 9.56. The summed E-state index contributed by atoms with van der Waals surface area (Å²) in [6.07, 6.45) is 1.49. The van der Waals surface area contributed by atoms with E-state index in [1.165, 1.54) is 36.4 Å². The summed E-state index contributed by atoms with van der Waals surface area (Å²) in [5, 5.41) is 17.5. The highest BCUT2D eigenvalue weighted by Crippen LogP contribution is 2.47. The first-order valence-electron chi connectivity index (χ1n) is 11.6. The third-order valence-electron chi connectivity index (χ3n) is 7.23. The van der Waals surface area contributed by atoms with Crippen LogP contribution in [0.25, 0.3) is 10.9 Å². The second-order valence-corrected chi connectivity index (χ2v) is 9.96. The van der Waals surface area contributed by atoms with Crippen molar-refractivity contribution in [2.45, 2.75) is 49.3 Å². The molecule has 2 aromatic carbocycles. The molecule has 0 unspecified atom stereocenters. The fourth-order valence-corrected chi connectivity index (χ4v) is 5.34. The van der Waals surface area contributed by atoms with Crippen LogP contribution < -0.4 is 15.4 Å². The first-order chi connectivity index (χ1) is 17.2. The molecule has 3 aliphatic carbocycles. The minimum Gasteiger partial charge on any atom is -0.484 e. The largest absolute Gasteiger partial charge is 0.484 e. The summed E-state index contributed by atoms with van der Waals surface area (Å²) >= 11 is 5.66. The molecule has 3 N–H and O–H groups in total. The number of hydrogen-bond donors (Lipinski definition) is 3. The molecule has 2 amide bonds. The highest BCUT2D eigenvalue weighted by Gasteiger charge is 2.55. The van der Waals surface area contributed by atoms with E-state index < -0.39 is 28.9 Å². The van der Waals surface area contributed by atoms with E-state index in [0.717, 1.165) is 6.07 Å². The van der Waals surface area contributed by atoms with Gasteiger partial charge in [-0.1, -0.05) is 17.7 Å². The summed E-state index contributed by atoms with van der Waals surface area (Å²) in [6.45, 7) is -0.307. The van der Waals surface area contributed by atoms with Crippen LogP contribution >= 0.6 is 11.6 Å².